The SMILES string of the molecule is CC(Nc1cc(N)ncn1)c1nc2cccnc2n1-c1ccccc1. The van der Waals surface area contributed by atoms with E-state index in [4.69, 9.17) is 10.7 Å². The molecule has 0 saturated carbocycles. The lowest BCUT2D eigenvalue weighted by molar-refractivity contribution is 0.766. The number of anilines is 2. The fraction of sp³-hybridized carbons (Fsp3) is 0.111. The van der Waals surface area contributed by atoms with Gasteiger partial charge in [-0.15, -0.1) is 0 Å². The van der Waals surface area contributed by atoms with Gasteiger partial charge < -0.3 is 11.1 Å². The number of fused-ring (bicyclic) bond motifs is 1. The Kier molecular flexibility index (Phi) is 3.74. The van der Waals surface area contributed by atoms with Gasteiger partial charge in [0.15, 0.2) is 5.65 Å². The minimum Gasteiger partial charge on any atom is -0.384 e. The van der Waals surface area contributed by atoms with Crippen LogP contribution in [-0.2, 0) is 0 Å². The third-order valence-corrected chi connectivity index (χ3v) is 3.90. The van der Waals surface area contributed by atoms with Crippen LogP contribution in [0.1, 0.15) is 18.8 Å². The molecule has 0 aliphatic heterocycles. The van der Waals surface area contributed by atoms with E-state index in [1.165, 1.54) is 6.33 Å². The number of rotatable bonds is 4. The van der Waals surface area contributed by atoms with Crippen molar-refractivity contribution in [3.8, 4) is 5.69 Å². The molecule has 7 heteroatoms. The van der Waals surface area contributed by atoms with E-state index in [9.17, 15) is 0 Å². The Bertz CT molecular complexity index is 1010. The highest BCUT2D eigenvalue weighted by molar-refractivity contribution is 5.74. The van der Waals surface area contributed by atoms with Crippen LogP contribution in [0, 0.1) is 0 Å². The first kappa shape index (κ1) is 15.1. The van der Waals surface area contributed by atoms with Gasteiger partial charge in [0.25, 0.3) is 0 Å². The number of pyridine rings is 1. The van der Waals surface area contributed by atoms with E-state index in [0.717, 1.165) is 22.7 Å². The lowest BCUT2D eigenvalue weighted by atomic mass is 10.2. The number of nitrogens with zero attached hydrogens (tertiary/aromatic N) is 5. The maximum absolute atomic E-state index is 5.73. The molecule has 0 bridgehead atoms. The van der Waals surface area contributed by atoms with Crippen LogP contribution >= 0.6 is 0 Å². The summed E-state index contributed by atoms with van der Waals surface area (Å²) < 4.78 is 2.05. The molecular weight excluding hydrogens is 314 g/mol. The molecule has 1 aromatic carbocycles. The molecule has 3 N–H and O–H groups in total. The minimum atomic E-state index is -0.108. The Morgan fingerprint density at radius 2 is 1.88 bits per heavy atom. The van der Waals surface area contributed by atoms with Crippen LogP contribution < -0.4 is 11.1 Å². The van der Waals surface area contributed by atoms with Gasteiger partial charge in [0.1, 0.15) is 29.3 Å². The van der Waals surface area contributed by atoms with E-state index >= 15 is 0 Å². The summed E-state index contributed by atoms with van der Waals surface area (Å²) >= 11 is 0. The molecule has 0 fully saturated rings. The quantitative estimate of drug-likeness (QED) is 0.597. The molecule has 3 heterocycles. The number of para-hydroxylation sites is 1. The number of hydrogen-bond donors (Lipinski definition) is 2. The zero-order valence-corrected chi connectivity index (χ0v) is 13.7. The second kappa shape index (κ2) is 6.20. The van der Waals surface area contributed by atoms with Crippen molar-refractivity contribution >= 4 is 22.8 Å². The predicted molar refractivity (Wildman–Crippen MR) is 97.3 cm³/mol. The number of imidazole rings is 1. The predicted octanol–water partition coefficient (Wildman–Crippen LogP) is 2.97. The van der Waals surface area contributed by atoms with Gasteiger partial charge in [-0.3, -0.25) is 4.57 Å². The number of aromatic nitrogens is 5. The fourth-order valence-corrected chi connectivity index (χ4v) is 2.79. The Hall–Kier alpha value is -3.48. The zero-order valence-electron chi connectivity index (χ0n) is 13.7. The molecule has 0 aliphatic rings. The van der Waals surface area contributed by atoms with E-state index in [1.54, 1.807) is 12.3 Å². The van der Waals surface area contributed by atoms with E-state index in [0.29, 0.717) is 11.6 Å². The topological polar surface area (TPSA) is 94.5 Å². The third kappa shape index (κ3) is 2.87. The molecule has 0 spiro atoms. The average molecular weight is 331 g/mol. The molecule has 124 valence electrons. The summed E-state index contributed by atoms with van der Waals surface area (Å²) in [6.07, 6.45) is 3.21. The summed E-state index contributed by atoms with van der Waals surface area (Å²) in [5.74, 6) is 1.92. The van der Waals surface area contributed by atoms with Gasteiger partial charge >= 0.3 is 0 Å². The van der Waals surface area contributed by atoms with Gasteiger partial charge in [0.2, 0.25) is 0 Å². The maximum Gasteiger partial charge on any atom is 0.164 e. The third-order valence-electron chi connectivity index (χ3n) is 3.90. The number of nitrogens with one attached hydrogen (secondary N) is 1. The summed E-state index contributed by atoms with van der Waals surface area (Å²) in [6.45, 7) is 2.03. The van der Waals surface area contributed by atoms with Gasteiger partial charge in [-0.05, 0) is 31.2 Å². The maximum atomic E-state index is 5.73. The lowest BCUT2D eigenvalue weighted by Gasteiger charge is -2.16. The highest BCUT2D eigenvalue weighted by Gasteiger charge is 2.19. The van der Waals surface area contributed by atoms with Gasteiger partial charge in [0.05, 0.1) is 6.04 Å². The first-order chi connectivity index (χ1) is 12.2. The van der Waals surface area contributed by atoms with Crippen LogP contribution in [-0.4, -0.2) is 24.5 Å². The molecule has 0 aliphatic carbocycles. The van der Waals surface area contributed by atoms with Gasteiger partial charge in [-0.2, -0.15) is 0 Å². The van der Waals surface area contributed by atoms with E-state index in [2.05, 4.69) is 24.8 Å². The highest BCUT2D eigenvalue weighted by atomic mass is 15.2. The number of benzene rings is 1. The van der Waals surface area contributed by atoms with Crippen molar-refractivity contribution in [3.63, 3.8) is 0 Å². The van der Waals surface area contributed by atoms with Crippen LogP contribution in [0.4, 0.5) is 11.6 Å². The Balaban J connectivity index is 1.81. The van der Waals surface area contributed by atoms with Crippen molar-refractivity contribution in [1.29, 1.82) is 0 Å². The van der Waals surface area contributed by atoms with E-state index in [1.807, 2.05) is 49.4 Å². The van der Waals surface area contributed by atoms with Crippen LogP contribution in [0.25, 0.3) is 16.9 Å². The van der Waals surface area contributed by atoms with Crippen LogP contribution in [0.2, 0.25) is 0 Å². The molecule has 25 heavy (non-hydrogen) atoms. The molecule has 3 aromatic heterocycles. The van der Waals surface area contributed by atoms with Crippen LogP contribution in [0.15, 0.2) is 61.1 Å². The summed E-state index contributed by atoms with van der Waals surface area (Å²) in [7, 11) is 0. The molecule has 0 saturated heterocycles. The Morgan fingerprint density at radius 3 is 2.68 bits per heavy atom. The number of hydrogen-bond acceptors (Lipinski definition) is 6. The van der Waals surface area contributed by atoms with E-state index < -0.39 is 0 Å². The van der Waals surface area contributed by atoms with Gasteiger partial charge in [0, 0.05) is 18.0 Å². The lowest BCUT2D eigenvalue weighted by Crippen LogP contribution is -2.14. The molecular formula is C18H17N7. The standard InChI is InChI=1S/C18H17N7/c1-12(23-16-10-15(19)21-11-22-16)17-24-14-8-5-9-20-18(14)25(17)13-6-3-2-4-7-13/h2-12H,1H3,(H3,19,21,22,23). The van der Waals surface area contributed by atoms with Crippen LogP contribution in [0.5, 0.6) is 0 Å². The first-order valence-corrected chi connectivity index (χ1v) is 7.95. The van der Waals surface area contributed by atoms with E-state index in [-0.39, 0.29) is 6.04 Å². The van der Waals surface area contributed by atoms with Gasteiger partial charge in [-0.25, -0.2) is 19.9 Å². The van der Waals surface area contributed by atoms with Crippen molar-refractivity contribution in [2.45, 2.75) is 13.0 Å². The largest absolute Gasteiger partial charge is 0.384 e. The van der Waals surface area contributed by atoms with Crippen molar-refractivity contribution in [2.75, 3.05) is 11.1 Å². The second-order valence-corrected chi connectivity index (χ2v) is 5.68. The summed E-state index contributed by atoms with van der Waals surface area (Å²) in [4.78, 5) is 17.4. The smallest absolute Gasteiger partial charge is 0.164 e. The second-order valence-electron chi connectivity index (χ2n) is 5.68. The molecule has 1 atom stereocenters. The fourth-order valence-electron chi connectivity index (χ4n) is 2.79. The summed E-state index contributed by atoms with van der Waals surface area (Å²) in [5, 5.41) is 3.33. The van der Waals surface area contributed by atoms with Crippen molar-refractivity contribution in [2.24, 2.45) is 0 Å². The highest BCUT2D eigenvalue weighted by Crippen LogP contribution is 2.25. The molecule has 4 rings (SSSR count). The summed E-state index contributed by atoms with van der Waals surface area (Å²) in [6, 6.07) is 15.5. The van der Waals surface area contributed by atoms with Crippen molar-refractivity contribution in [3.05, 3.63) is 66.9 Å². The zero-order chi connectivity index (χ0) is 17.2. The van der Waals surface area contributed by atoms with Crippen molar-refractivity contribution in [1.82, 2.24) is 24.5 Å². The average Bonchev–Trinajstić information content (AvgIpc) is 3.02. The monoisotopic (exact) mass is 331 g/mol. The van der Waals surface area contributed by atoms with Crippen molar-refractivity contribution < 1.29 is 0 Å². The first-order valence-electron chi connectivity index (χ1n) is 7.95. The molecule has 1 unspecified atom stereocenters. The molecule has 0 radical (unpaired) electrons. The number of nitrogens with two attached hydrogens (primary N) is 1. The van der Waals surface area contributed by atoms with Crippen LogP contribution in [0.3, 0.4) is 0 Å². The molecule has 7 nitrogen and oxygen atoms in total. The molecule has 4 aromatic rings. The van der Waals surface area contributed by atoms with Gasteiger partial charge in [-0.1, -0.05) is 18.2 Å². The number of nitrogen functional groups attached to an aromatic ring is 1. The molecule has 0 amide bonds. The Morgan fingerprint density at radius 1 is 1.04 bits per heavy atom. The Labute approximate surface area is 144 Å². The minimum absolute atomic E-state index is 0.108. The normalized spacial score (nSPS) is 12.2. The summed E-state index contributed by atoms with van der Waals surface area (Å²) in [5.41, 5.74) is 8.41.